The van der Waals surface area contributed by atoms with Crippen LogP contribution >= 0.6 is 0 Å². The molecule has 0 atom stereocenters. The van der Waals surface area contributed by atoms with Crippen LogP contribution in [0.15, 0.2) is 18.2 Å². The lowest BCUT2D eigenvalue weighted by atomic mass is 10.0. The van der Waals surface area contributed by atoms with Crippen LogP contribution in [-0.2, 0) is 6.54 Å². The number of nitrogens with zero attached hydrogens (tertiary/aromatic N) is 2. The Balaban J connectivity index is 1.92. The molecule has 96 valence electrons. The third-order valence-corrected chi connectivity index (χ3v) is 3.47. The van der Waals surface area contributed by atoms with Gasteiger partial charge in [-0.05, 0) is 51.2 Å². The van der Waals surface area contributed by atoms with E-state index in [1.54, 1.807) is 6.07 Å². The van der Waals surface area contributed by atoms with E-state index in [0.29, 0.717) is 23.7 Å². The van der Waals surface area contributed by atoms with Crippen molar-refractivity contribution in [2.24, 2.45) is 0 Å². The fourth-order valence-electron chi connectivity index (χ4n) is 2.25. The zero-order valence-electron chi connectivity index (χ0n) is 10.6. The summed E-state index contributed by atoms with van der Waals surface area (Å²) >= 11 is 0. The first-order valence-corrected chi connectivity index (χ1v) is 6.29. The Morgan fingerprint density at radius 3 is 2.83 bits per heavy atom. The van der Waals surface area contributed by atoms with Gasteiger partial charge in [0.25, 0.3) is 0 Å². The van der Waals surface area contributed by atoms with Crippen molar-refractivity contribution < 1.29 is 4.39 Å². The van der Waals surface area contributed by atoms with Crippen molar-refractivity contribution in [3.63, 3.8) is 0 Å². The van der Waals surface area contributed by atoms with Crippen LogP contribution in [-0.4, -0.2) is 31.1 Å². The predicted octanol–water partition coefficient (Wildman–Crippen LogP) is 1.88. The van der Waals surface area contributed by atoms with Gasteiger partial charge in [-0.1, -0.05) is 0 Å². The summed E-state index contributed by atoms with van der Waals surface area (Å²) in [6, 6.07) is 6.98. The molecule has 3 nitrogen and oxygen atoms in total. The van der Waals surface area contributed by atoms with Crippen molar-refractivity contribution in [3.05, 3.63) is 35.1 Å². The van der Waals surface area contributed by atoms with E-state index in [-0.39, 0.29) is 5.82 Å². The lowest BCUT2D eigenvalue weighted by Crippen LogP contribution is -2.40. The molecular weight excluding hydrogens is 229 g/mol. The smallest absolute Gasteiger partial charge is 0.127 e. The van der Waals surface area contributed by atoms with Crippen LogP contribution in [0.25, 0.3) is 0 Å². The van der Waals surface area contributed by atoms with Gasteiger partial charge in [0.2, 0.25) is 0 Å². The second kappa shape index (κ2) is 5.94. The molecule has 0 unspecified atom stereocenters. The van der Waals surface area contributed by atoms with E-state index in [1.165, 1.54) is 12.1 Å². The SMILES string of the molecule is CN1CCC(NCc2cc(C#N)ccc2F)CC1. The Bertz CT molecular complexity index is 445. The molecule has 0 saturated carbocycles. The van der Waals surface area contributed by atoms with E-state index in [0.717, 1.165) is 25.9 Å². The van der Waals surface area contributed by atoms with E-state index in [4.69, 9.17) is 5.26 Å². The van der Waals surface area contributed by atoms with E-state index in [1.807, 2.05) is 6.07 Å². The highest BCUT2D eigenvalue weighted by Crippen LogP contribution is 2.13. The van der Waals surface area contributed by atoms with Crippen molar-refractivity contribution in [2.75, 3.05) is 20.1 Å². The number of benzene rings is 1. The van der Waals surface area contributed by atoms with Gasteiger partial charge in [0.05, 0.1) is 11.6 Å². The number of likely N-dealkylation sites (tertiary alicyclic amines) is 1. The fourth-order valence-corrected chi connectivity index (χ4v) is 2.25. The van der Waals surface area contributed by atoms with Gasteiger partial charge in [-0.25, -0.2) is 4.39 Å². The molecule has 2 rings (SSSR count). The summed E-state index contributed by atoms with van der Waals surface area (Å²) in [5.74, 6) is -0.241. The molecule has 1 saturated heterocycles. The Labute approximate surface area is 107 Å². The molecule has 0 bridgehead atoms. The molecule has 4 heteroatoms. The lowest BCUT2D eigenvalue weighted by Gasteiger charge is -2.29. The predicted molar refractivity (Wildman–Crippen MR) is 68.5 cm³/mol. The third-order valence-electron chi connectivity index (χ3n) is 3.47. The van der Waals surface area contributed by atoms with Crippen LogP contribution in [0, 0.1) is 17.1 Å². The first kappa shape index (κ1) is 13.0. The largest absolute Gasteiger partial charge is 0.310 e. The molecule has 1 aliphatic heterocycles. The summed E-state index contributed by atoms with van der Waals surface area (Å²) in [6.07, 6.45) is 2.19. The lowest BCUT2D eigenvalue weighted by molar-refractivity contribution is 0.233. The number of rotatable bonds is 3. The van der Waals surface area contributed by atoms with Crippen LogP contribution < -0.4 is 5.32 Å². The van der Waals surface area contributed by atoms with Gasteiger partial charge in [-0.3, -0.25) is 0 Å². The maximum atomic E-state index is 13.6. The molecular formula is C14H18FN3. The topological polar surface area (TPSA) is 39.1 Å². The van der Waals surface area contributed by atoms with Gasteiger partial charge in [-0.15, -0.1) is 0 Å². The van der Waals surface area contributed by atoms with Crippen molar-refractivity contribution in [2.45, 2.75) is 25.4 Å². The number of piperidine rings is 1. The number of halogens is 1. The summed E-state index contributed by atoms with van der Waals surface area (Å²) in [6.45, 7) is 2.66. The molecule has 18 heavy (non-hydrogen) atoms. The molecule has 0 aliphatic carbocycles. The first-order valence-electron chi connectivity index (χ1n) is 6.29. The van der Waals surface area contributed by atoms with Gasteiger partial charge >= 0.3 is 0 Å². The zero-order valence-corrected chi connectivity index (χ0v) is 10.6. The highest BCUT2D eigenvalue weighted by atomic mass is 19.1. The molecule has 1 aromatic rings. The summed E-state index contributed by atoms with van der Waals surface area (Å²) in [5.41, 5.74) is 1.09. The molecule has 0 spiro atoms. The molecule has 0 radical (unpaired) electrons. The van der Waals surface area contributed by atoms with Crippen molar-refractivity contribution in [3.8, 4) is 6.07 Å². The highest BCUT2D eigenvalue weighted by molar-refractivity contribution is 5.33. The quantitative estimate of drug-likeness (QED) is 0.886. The highest BCUT2D eigenvalue weighted by Gasteiger charge is 2.16. The standard InChI is InChI=1S/C14H18FN3/c1-18-6-4-13(5-7-18)17-10-12-8-11(9-16)2-3-14(12)15/h2-3,8,13,17H,4-7,10H2,1H3. The second-order valence-electron chi connectivity index (χ2n) is 4.88. The Hall–Kier alpha value is -1.44. The van der Waals surface area contributed by atoms with E-state index in [9.17, 15) is 4.39 Å². The molecule has 1 N–H and O–H groups in total. The van der Waals surface area contributed by atoms with Crippen molar-refractivity contribution >= 4 is 0 Å². The van der Waals surface area contributed by atoms with Crippen LogP contribution in [0.5, 0.6) is 0 Å². The molecule has 1 fully saturated rings. The summed E-state index contributed by atoms with van der Waals surface area (Å²) in [4.78, 5) is 2.30. The minimum absolute atomic E-state index is 0.241. The minimum atomic E-state index is -0.241. The first-order chi connectivity index (χ1) is 8.69. The van der Waals surface area contributed by atoms with E-state index < -0.39 is 0 Å². The Kier molecular flexibility index (Phi) is 4.29. The molecule has 1 heterocycles. The number of nitriles is 1. The van der Waals surface area contributed by atoms with Crippen molar-refractivity contribution in [1.82, 2.24) is 10.2 Å². The number of nitrogens with one attached hydrogen (secondary N) is 1. The minimum Gasteiger partial charge on any atom is -0.310 e. The Morgan fingerprint density at radius 2 is 2.17 bits per heavy atom. The molecule has 0 amide bonds. The van der Waals surface area contributed by atoms with E-state index in [2.05, 4.69) is 17.3 Å². The van der Waals surface area contributed by atoms with Gasteiger partial charge in [0.1, 0.15) is 5.82 Å². The average molecular weight is 247 g/mol. The summed E-state index contributed by atoms with van der Waals surface area (Å²) < 4.78 is 13.6. The molecule has 0 aromatic heterocycles. The van der Waals surface area contributed by atoms with E-state index >= 15 is 0 Å². The van der Waals surface area contributed by atoms with Gasteiger partial charge < -0.3 is 10.2 Å². The third kappa shape index (κ3) is 3.28. The van der Waals surface area contributed by atoms with Gasteiger partial charge in [-0.2, -0.15) is 5.26 Å². The summed E-state index contributed by atoms with van der Waals surface area (Å²) in [5, 5.41) is 12.2. The van der Waals surface area contributed by atoms with Gasteiger partial charge in [0, 0.05) is 18.2 Å². The zero-order chi connectivity index (χ0) is 13.0. The van der Waals surface area contributed by atoms with Gasteiger partial charge in [0.15, 0.2) is 0 Å². The normalized spacial score (nSPS) is 17.6. The maximum absolute atomic E-state index is 13.6. The van der Waals surface area contributed by atoms with Crippen molar-refractivity contribution in [1.29, 1.82) is 5.26 Å². The summed E-state index contributed by atoms with van der Waals surface area (Å²) in [7, 11) is 2.12. The number of hydrogen-bond acceptors (Lipinski definition) is 3. The molecule has 1 aliphatic rings. The van der Waals surface area contributed by atoms with Crippen LogP contribution in [0.3, 0.4) is 0 Å². The fraction of sp³-hybridized carbons (Fsp3) is 0.500. The van der Waals surface area contributed by atoms with Crippen LogP contribution in [0.2, 0.25) is 0 Å². The second-order valence-corrected chi connectivity index (χ2v) is 4.88. The number of hydrogen-bond donors (Lipinski definition) is 1. The maximum Gasteiger partial charge on any atom is 0.127 e. The molecule has 1 aromatic carbocycles. The van der Waals surface area contributed by atoms with Crippen LogP contribution in [0.1, 0.15) is 24.0 Å². The van der Waals surface area contributed by atoms with Crippen LogP contribution in [0.4, 0.5) is 4.39 Å². The monoisotopic (exact) mass is 247 g/mol. The average Bonchev–Trinajstić information content (AvgIpc) is 2.40. The Morgan fingerprint density at radius 1 is 1.44 bits per heavy atom.